The fourth-order valence-corrected chi connectivity index (χ4v) is 2.13. The van der Waals surface area contributed by atoms with E-state index < -0.39 is 0 Å². The van der Waals surface area contributed by atoms with Crippen LogP contribution in [0.5, 0.6) is 0 Å². The maximum absolute atomic E-state index is 6.03. The van der Waals surface area contributed by atoms with Crippen molar-refractivity contribution in [1.82, 2.24) is 5.32 Å². The molecule has 17 heavy (non-hydrogen) atoms. The van der Waals surface area contributed by atoms with Crippen molar-refractivity contribution < 1.29 is 4.42 Å². The third-order valence-corrected chi connectivity index (χ3v) is 2.99. The van der Waals surface area contributed by atoms with Gasteiger partial charge in [-0.3, -0.25) is 0 Å². The Kier molecular flexibility index (Phi) is 3.87. The first-order valence-electron chi connectivity index (χ1n) is 5.75. The van der Waals surface area contributed by atoms with E-state index in [2.05, 4.69) is 18.3 Å². The van der Waals surface area contributed by atoms with E-state index in [1.54, 1.807) is 6.26 Å². The van der Waals surface area contributed by atoms with E-state index >= 15 is 0 Å². The third kappa shape index (κ3) is 2.71. The first kappa shape index (κ1) is 12.2. The minimum absolute atomic E-state index is 0.0636. The van der Waals surface area contributed by atoms with Gasteiger partial charge in [0.05, 0.1) is 12.3 Å². The highest BCUT2D eigenvalue weighted by Gasteiger charge is 2.18. The largest absolute Gasteiger partial charge is 0.467 e. The molecule has 3 heteroatoms. The number of hydrogen-bond donors (Lipinski definition) is 1. The van der Waals surface area contributed by atoms with Gasteiger partial charge in [0, 0.05) is 5.02 Å². The molecular weight excluding hydrogens is 234 g/mol. The van der Waals surface area contributed by atoms with Crippen LogP contribution in [0.2, 0.25) is 5.02 Å². The molecule has 0 bridgehead atoms. The second-order valence-corrected chi connectivity index (χ2v) is 4.45. The molecule has 0 spiro atoms. The van der Waals surface area contributed by atoms with Crippen LogP contribution in [-0.2, 0) is 0 Å². The minimum Gasteiger partial charge on any atom is -0.467 e. The van der Waals surface area contributed by atoms with Crippen LogP contribution in [0.4, 0.5) is 0 Å². The Balaban J connectivity index is 2.39. The molecule has 2 aromatic rings. The lowest BCUT2D eigenvalue weighted by atomic mass is 10.0. The van der Waals surface area contributed by atoms with E-state index in [4.69, 9.17) is 16.0 Å². The maximum Gasteiger partial charge on any atom is 0.128 e. The zero-order valence-electron chi connectivity index (χ0n) is 10.0. The van der Waals surface area contributed by atoms with Crippen molar-refractivity contribution in [2.75, 3.05) is 6.54 Å². The molecule has 1 unspecified atom stereocenters. The Labute approximate surface area is 107 Å². The molecule has 0 saturated carbocycles. The maximum atomic E-state index is 6.03. The molecule has 0 aliphatic rings. The van der Waals surface area contributed by atoms with Crippen molar-refractivity contribution in [3.63, 3.8) is 0 Å². The summed E-state index contributed by atoms with van der Waals surface area (Å²) in [5, 5.41) is 4.16. The fourth-order valence-electron chi connectivity index (χ4n) is 1.93. The number of nitrogens with one attached hydrogen (secondary N) is 1. The first-order valence-corrected chi connectivity index (χ1v) is 6.13. The number of furan rings is 1. The summed E-state index contributed by atoms with van der Waals surface area (Å²) in [7, 11) is 0. The van der Waals surface area contributed by atoms with Crippen LogP contribution in [-0.4, -0.2) is 6.54 Å². The van der Waals surface area contributed by atoms with E-state index in [0.29, 0.717) is 0 Å². The monoisotopic (exact) mass is 249 g/mol. The molecule has 0 fully saturated rings. The van der Waals surface area contributed by atoms with Crippen LogP contribution in [0.3, 0.4) is 0 Å². The lowest BCUT2D eigenvalue weighted by molar-refractivity contribution is 0.449. The second-order valence-electron chi connectivity index (χ2n) is 4.01. The summed E-state index contributed by atoms with van der Waals surface area (Å²) >= 11 is 6.03. The fraction of sp³-hybridized carbons (Fsp3) is 0.286. The SMILES string of the molecule is CCNC(c1cccc(Cl)c1)c1occc1C. The van der Waals surface area contributed by atoms with Crippen LogP contribution >= 0.6 is 11.6 Å². The summed E-state index contributed by atoms with van der Waals surface area (Å²) in [6, 6.07) is 9.90. The smallest absolute Gasteiger partial charge is 0.128 e. The van der Waals surface area contributed by atoms with E-state index in [-0.39, 0.29) is 6.04 Å². The zero-order chi connectivity index (χ0) is 12.3. The molecule has 1 aromatic carbocycles. The molecule has 0 amide bonds. The van der Waals surface area contributed by atoms with Gasteiger partial charge in [-0.2, -0.15) is 0 Å². The van der Waals surface area contributed by atoms with Crippen molar-refractivity contribution in [2.45, 2.75) is 19.9 Å². The lowest BCUT2D eigenvalue weighted by Gasteiger charge is -2.17. The normalized spacial score (nSPS) is 12.6. The first-order chi connectivity index (χ1) is 8.22. The molecular formula is C14H16ClNO. The Morgan fingerprint density at radius 3 is 2.76 bits per heavy atom. The van der Waals surface area contributed by atoms with Gasteiger partial charge in [0.15, 0.2) is 0 Å². The topological polar surface area (TPSA) is 25.2 Å². The average Bonchev–Trinajstić information content (AvgIpc) is 2.72. The van der Waals surface area contributed by atoms with E-state index in [1.807, 2.05) is 31.2 Å². The quantitative estimate of drug-likeness (QED) is 0.888. The molecule has 0 radical (unpaired) electrons. The average molecular weight is 250 g/mol. The highest BCUT2D eigenvalue weighted by molar-refractivity contribution is 6.30. The van der Waals surface area contributed by atoms with Gasteiger partial charge >= 0.3 is 0 Å². The molecule has 0 aliphatic carbocycles. The standard InChI is InChI=1S/C14H16ClNO/c1-3-16-13(14-10(2)7-8-17-14)11-5-4-6-12(15)9-11/h4-9,13,16H,3H2,1-2H3. The van der Waals surface area contributed by atoms with E-state index in [1.165, 1.54) is 0 Å². The number of rotatable bonds is 4. The summed E-state index contributed by atoms with van der Waals surface area (Å²) in [4.78, 5) is 0. The van der Waals surface area contributed by atoms with Gasteiger partial charge in [0.1, 0.15) is 5.76 Å². The molecule has 1 atom stereocenters. The van der Waals surface area contributed by atoms with Gasteiger partial charge in [-0.25, -0.2) is 0 Å². The van der Waals surface area contributed by atoms with Crippen molar-refractivity contribution >= 4 is 11.6 Å². The predicted molar refractivity (Wildman–Crippen MR) is 70.4 cm³/mol. The van der Waals surface area contributed by atoms with Gasteiger partial charge in [-0.1, -0.05) is 30.7 Å². The van der Waals surface area contributed by atoms with Crippen LogP contribution < -0.4 is 5.32 Å². The summed E-state index contributed by atoms with van der Waals surface area (Å²) in [5.74, 6) is 0.953. The molecule has 90 valence electrons. The van der Waals surface area contributed by atoms with Crippen LogP contribution in [0.15, 0.2) is 41.0 Å². The number of halogens is 1. The van der Waals surface area contributed by atoms with Crippen LogP contribution in [0.1, 0.15) is 29.9 Å². The Morgan fingerprint density at radius 1 is 1.35 bits per heavy atom. The summed E-state index contributed by atoms with van der Waals surface area (Å²) in [6.45, 7) is 5.00. The molecule has 2 rings (SSSR count). The van der Waals surface area contributed by atoms with Crippen molar-refractivity contribution in [1.29, 1.82) is 0 Å². The van der Waals surface area contributed by atoms with Gasteiger partial charge in [-0.15, -0.1) is 0 Å². The Bertz CT molecular complexity index is 492. The van der Waals surface area contributed by atoms with Crippen molar-refractivity contribution in [3.8, 4) is 0 Å². The summed E-state index contributed by atoms with van der Waals surface area (Å²) in [5.41, 5.74) is 2.27. The highest BCUT2D eigenvalue weighted by Crippen LogP contribution is 2.27. The van der Waals surface area contributed by atoms with Gasteiger partial charge < -0.3 is 9.73 Å². The van der Waals surface area contributed by atoms with Crippen molar-refractivity contribution in [2.24, 2.45) is 0 Å². The van der Waals surface area contributed by atoms with Gasteiger partial charge in [-0.05, 0) is 42.8 Å². The lowest BCUT2D eigenvalue weighted by Crippen LogP contribution is -2.22. The highest BCUT2D eigenvalue weighted by atomic mass is 35.5. The minimum atomic E-state index is 0.0636. The summed E-state index contributed by atoms with van der Waals surface area (Å²) in [6.07, 6.45) is 1.72. The Hall–Kier alpha value is -1.25. The molecule has 1 aromatic heterocycles. The number of aryl methyl sites for hydroxylation is 1. The zero-order valence-corrected chi connectivity index (χ0v) is 10.8. The van der Waals surface area contributed by atoms with Crippen LogP contribution in [0.25, 0.3) is 0 Å². The van der Waals surface area contributed by atoms with E-state index in [9.17, 15) is 0 Å². The number of hydrogen-bond acceptors (Lipinski definition) is 2. The predicted octanol–water partition coefficient (Wildman–Crippen LogP) is 3.94. The number of benzene rings is 1. The van der Waals surface area contributed by atoms with Gasteiger partial charge in [0.25, 0.3) is 0 Å². The van der Waals surface area contributed by atoms with Gasteiger partial charge in [0.2, 0.25) is 0 Å². The second kappa shape index (κ2) is 5.39. The molecule has 1 heterocycles. The molecule has 2 nitrogen and oxygen atoms in total. The third-order valence-electron chi connectivity index (χ3n) is 2.75. The van der Waals surface area contributed by atoms with Crippen LogP contribution in [0, 0.1) is 6.92 Å². The summed E-state index contributed by atoms with van der Waals surface area (Å²) < 4.78 is 5.57. The molecule has 0 saturated heterocycles. The van der Waals surface area contributed by atoms with E-state index in [0.717, 1.165) is 28.5 Å². The Morgan fingerprint density at radius 2 is 2.18 bits per heavy atom. The van der Waals surface area contributed by atoms with Crippen molar-refractivity contribution in [3.05, 3.63) is 58.5 Å². The molecule has 0 aliphatic heterocycles. The molecule has 1 N–H and O–H groups in total.